The molecule has 3 rings (SSSR count). The van der Waals surface area contributed by atoms with E-state index in [1.165, 1.54) is 11.4 Å². The second-order valence-corrected chi connectivity index (χ2v) is 8.43. The first-order chi connectivity index (χ1) is 11.9. The number of benzene rings is 2. The Balaban J connectivity index is 1.70. The summed E-state index contributed by atoms with van der Waals surface area (Å²) in [5, 5.41) is 0. The van der Waals surface area contributed by atoms with Crippen LogP contribution in [0.2, 0.25) is 0 Å². The van der Waals surface area contributed by atoms with Crippen molar-refractivity contribution in [3.8, 4) is 0 Å². The van der Waals surface area contributed by atoms with Crippen molar-refractivity contribution in [1.29, 1.82) is 0 Å². The van der Waals surface area contributed by atoms with E-state index in [9.17, 15) is 13.2 Å². The van der Waals surface area contributed by atoms with E-state index < -0.39 is 10.0 Å². The summed E-state index contributed by atoms with van der Waals surface area (Å²) in [4.78, 5) is 14.4. The molecule has 1 heterocycles. The molecule has 1 aliphatic rings. The van der Waals surface area contributed by atoms with E-state index in [1.54, 1.807) is 29.2 Å². The van der Waals surface area contributed by atoms with Gasteiger partial charge in [0.05, 0.1) is 11.4 Å². The minimum Gasteiger partial charge on any atom is -0.309 e. The van der Waals surface area contributed by atoms with Crippen LogP contribution in [0.3, 0.4) is 0 Å². The maximum Gasteiger partial charge on any atom is 0.235 e. The minimum absolute atomic E-state index is 0.0296. The lowest BCUT2D eigenvalue weighted by molar-refractivity contribution is -0.118. The number of nitrogens with zero attached hydrogens (tertiary/aromatic N) is 2. The van der Waals surface area contributed by atoms with Crippen LogP contribution in [0.5, 0.6) is 0 Å². The quantitative estimate of drug-likeness (QED) is 0.826. The predicted octanol–water partition coefficient (Wildman–Crippen LogP) is 2.82. The van der Waals surface area contributed by atoms with Crippen molar-refractivity contribution in [2.75, 3.05) is 22.0 Å². The second kappa shape index (κ2) is 6.88. The minimum atomic E-state index is -3.55. The first kappa shape index (κ1) is 17.5. The van der Waals surface area contributed by atoms with E-state index in [-0.39, 0.29) is 24.1 Å². The van der Waals surface area contributed by atoms with Gasteiger partial charge in [0.15, 0.2) is 0 Å². The Bertz CT molecular complexity index is 865. The Kier molecular flexibility index (Phi) is 4.81. The molecule has 25 heavy (non-hydrogen) atoms. The highest BCUT2D eigenvalue weighted by Gasteiger charge is 2.31. The maximum absolute atomic E-state index is 12.7. The van der Waals surface area contributed by atoms with Gasteiger partial charge in [0.25, 0.3) is 0 Å². The first-order valence-corrected chi connectivity index (χ1v) is 9.92. The number of carbonyl (C=O) groups excluding carboxylic acids is 1. The molecular weight excluding hydrogens is 336 g/mol. The zero-order valence-electron chi connectivity index (χ0n) is 14.4. The molecule has 0 radical (unpaired) electrons. The van der Waals surface area contributed by atoms with E-state index in [1.807, 2.05) is 37.3 Å². The van der Waals surface area contributed by atoms with Gasteiger partial charge in [-0.3, -0.25) is 9.10 Å². The van der Waals surface area contributed by atoms with Gasteiger partial charge in [0, 0.05) is 25.2 Å². The molecule has 0 saturated heterocycles. The van der Waals surface area contributed by atoms with Crippen LogP contribution < -0.4 is 9.21 Å². The summed E-state index contributed by atoms with van der Waals surface area (Å²) in [6, 6.07) is 16.7. The number of para-hydroxylation sites is 2. The molecule has 1 atom stereocenters. The molecule has 1 unspecified atom stereocenters. The van der Waals surface area contributed by atoms with Crippen LogP contribution in [0, 0.1) is 0 Å². The molecular formula is C19H22N2O3S. The highest BCUT2D eigenvalue weighted by atomic mass is 32.2. The predicted molar refractivity (Wildman–Crippen MR) is 100 cm³/mol. The highest BCUT2D eigenvalue weighted by Crippen LogP contribution is 2.32. The van der Waals surface area contributed by atoms with E-state index in [0.717, 1.165) is 17.7 Å². The molecule has 0 fully saturated rings. The topological polar surface area (TPSA) is 57.7 Å². The normalized spacial score (nSPS) is 16.6. The summed E-state index contributed by atoms with van der Waals surface area (Å²) in [6.07, 6.45) is 0.775. The molecule has 2 aromatic rings. The van der Waals surface area contributed by atoms with Crippen molar-refractivity contribution in [3.05, 3.63) is 60.2 Å². The van der Waals surface area contributed by atoms with Crippen LogP contribution in [0.4, 0.5) is 11.4 Å². The number of anilines is 2. The number of carbonyl (C=O) groups is 1. The lowest BCUT2D eigenvalue weighted by Gasteiger charge is -2.24. The largest absolute Gasteiger partial charge is 0.309 e. The molecule has 1 aliphatic heterocycles. The molecule has 2 aromatic carbocycles. The third kappa shape index (κ3) is 3.54. The monoisotopic (exact) mass is 358 g/mol. The summed E-state index contributed by atoms with van der Waals surface area (Å²) in [5.41, 5.74) is 2.62. The lowest BCUT2D eigenvalue weighted by Crippen LogP contribution is -2.38. The summed E-state index contributed by atoms with van der Waals surface area (Å²) >= 11 is 0. The first-order valence-electron chi connectivity index (χ1n) is 8.32. The van der Waals surface area contributed by atoms with Crippen molar-refractivity contribution in [1.82, 2.24) is 0 Å². The molecule has 0 aromatic heterocycles. The fraction of sp³-hybridized carbons (Fsp3) is 0.316. The maximum atomic E-state index is 12.7. The number of hydrogen-bond acceptors (Lipinski definition) is 3. The van der Waals surface area contributed by atoms with Gasteiger partial charge in [-0.2, -0.15) is 0 Å². The molecule has 0 spiro atoms. The molecule has 0 saturated carbocycles. The van der Waals surface area contributed by atoms with E-state index in [2.05, 4.69) is 0 Å². The Morgan fingerprint density at radius 1 is 1.12 bits per heavy atom. The van der Waals surface area contributed by atoms with Gasteiger partial charge in [0.2, 0.25) is 15.9 Å². The van der Waals surface area contributed by atoms with Crippen LogP contribution in [0.25, 0.3) is 0 Å². The van der Waals surface area contributed by atoms with Gasteiger partial charge in [0.1, 0.15) is 0 Å². The molecule has 132 valence electrons. The summed E-state index contributed by atoms with van der Waals surface area (Å²) < 4.78 is 26.3. The van der Waals surface area contributed by atoms with Crippen molar-refractivity contribution < 1.29 is 13.2 Å². The standard InChI is InChI=1S/C19H22N2O3S/c1-15-14-16-8-6-7-11-18(16)21(15)19(22)12-13-25(23,24)20(2)17-9-4-3-5-10-17/h3-11,15H,12-14H2,1-2H3. The third-order valence-corrected chi connectivity index (χ3v) is 6.35. The van der Waals surface area contributed by atoms with E-state index >= 15 is 0 Å². The van der Waals surface area contributed by atoms with Crippen molar-refractivity contribution >= 4 is 27.3 Å². The summed E-state index contributed by atoms with van der Waals surface area (Å²) in [6.45, 7) is 1.99. The van der Waals surface area contributed by atoms with Crippen molar-refractivity contribution in [3.63, 3.8) is 0 Å². The van der Waals surface area contributed by atoms with Crippen LogP contribution >= 0.6 is 0 Å². The van der Waals surface area contributed by atoms with E-state index in [0.29, 0.717) is 5.69 Å². The molecule has 0 bridgehead atoms. The van der Waals surface area contributed by atoms with Crippen LogP contribution in [0.15, 0.2) is 54.6 Å². The number of sulfonamides is 1. The molecule has 6 heteroatoms. The van der Waals surface area contributed by atoms with Gasteiger partial charge in [-0.25, -0.2) is 8.42 Å². The molecule has 5 nitrogen and oxygen atoms in total. The average molecular weight is 358 g/mol. The molecule has 0 aliphatic carbocycles. The molecule has 1 amide bonds. The highest BCUT2D eigenvalue weighted by molar-refractivity contribution is 7.92. The van der Waals surface area contributed by atoms with Crippen molar-refractivity contribution in [2.24, 2.45) is 0 Å². The Morgan fingerprint density at radius 2 is 1.76 bits per heavy atom. The van der Waals surface area contributed by atoms with Gasteiger partial charge >= 0.3 is 0 Å². The summed E-state index contributed by atoms with van der Waals surface area (Å²) in [7, 11) is -2.03. The van der Waals surface area contributed by atoms with Crippen LogP contribution in [0.1, 0.15) is 18.9 Å². The van der Waals surface area contributed by atoms with E-state index in [4.69, 9.17) is 0 Å². The Labute approximate surface area is 148 Å². The molecule has 0 N–H and O–H groups in total. The SMILES string of the molecule is CC1Cc2ccccc2N1C(=O)CCS(=O)(=O)N(C)c1ccccc1. The van der Waals surface area contributed by atoms with Gasteiger partial charge in [-0.05, 0) is 37.1 Å². The second-order valence-electron chi connectivity index (χ2n) is 6.31. The average Bonchev–Trinajstić information content (AvgIpc) is 2.95. The zero-order chi connectivity index (χ0) is 18.0. The van der Waals surface area contributed by atoms with Gasteiger partial charge in [-0.15, -0.1) is 0 Å². The zero-order valence-corrected chi connectivity index (χ0v) is 15.2. The number of amides is 1. The fourth-order valence-electron chi connectivity index (χ4n) is 3.22. The Hall–Kier alpha value is -2.34. The lowest BCUT2D eigenvalue weighted by atomic mass is 10.1. The van der Waals surface area contributed by atoms with Gasteiger partial charge < -0.3 is 4.90 Å². The number of hydrogen-bond donors (Lipinski definition) is 0. The smallest absolute Gasteiger partial charge is 0.235 e. The van der Waals surface area contributed by atoms with Gasteiger partial charge in [-0.1, -0.05) is 36.4 Å². The van der Waals surface area contributed by atoms with Crippen LogP contribution in [-0.2, 0) is 21.2 Å². The fourth-order valence-corrected chi connectivity index (χ4v) is 4.37. The Morgan fingerprint density at radius 3 is 2.48 bits per heavy atom. The number of rotatable bonds is 5. The number of fused-ring (bicyclic) bond motifs is 1. The van der Waals surface area contributed by atoms with Crippen molar-refractivity contribution in [2.45, 2.75) is 25.8 Å². The summed E-state index contributed by atoms with van der Waals surface area (Å²) in [5.74, 6) is -0.356. The third-order valence-electron chi connectivity index (χ3n) is 4.59. The van der Waals surface area contributed by atoms with Crippen LogP contribution in [-0.4, -0.2) is 33.2 Å².